The molecule has 0 aromatic rings. The zero-order chi connectivity index (χ0) is 13.3. The van der Waals surface area contributed by atoms with E-state index in [2.05, 4.69) is 0 Å². The molecule has 4 heteroatoms. The Bertz CT molecular complexity index is 354. The Balaban J connectivity index is 1.82. The molecule has 0 aromatic heterocycles. The molecular weight excluding hydrogens is 244 g/mol. The first kappa shape index (κ1) is 12.9. The van der Waals surface area contributed by atoms with Crippen LogP contribution in [-0.4, -0.2) is 17.7 Å². The van der Waals surface area contributed by atoms with E-state index in [9.17, 15) is 9.59 Å². The van der Waals surface area contributed by atoms with Crippen molar-refractivity contribution in [1.82, 2.24) is 0 Å². The number of carbonyl (C=O) groups is 2. The number of ether oxygens (including phenoxy) is 2. The molecule has 1 saturated heterocycles. The van der Waals surface area contributed by atoms with Gasteiger partial charge in [-0.1, -0.05) is 25.7 Å². The Morgan fingerprint density at radius 2 is 1.47 bits per heavy atom. The Kier molecular flexibility index (Phi) is 3.50. The molecule has 0 aromatic carbocycles. The van der Waals surface area contributed by atoms with E-state index in [1.807, 2.05) is 0 Å². The molecule has 0 radical (unpaired) electrons. The fourth-order valence-corrected chi connectivity index (χ4v) is 4.12. The van der Waals surface area contributed by atoms with Crippen molar-refractivity contribution in [3.63, 3.8) is 0 Å². The zero-order valence-electron chi connectivity index (χ0n) is 11.4. The molecule has 1 unspecified atom stereocenters. The lowest BCUT2D eigenvalue weighted by atomic mass is 9.70. The van der Waals surface area contributed by atoms with E-state index in [4.69, 9.17) is 9.47 Å². The molecule has 1 spiro atoms. The van der Waals surface area contributed by atoms with Gasteiger partial charge < -0.3 is 9.47 Å². The van der Waals surface area contributed by atoms with Gasteiger partial charge in [0.05, 0.1) is 0 Å². The summed E-state index contributed by atoms with van der Waals surface area (Å²) in [6, 6.07) is 0. The first-order valence-corrected chi connectivity index (χ1v) is 7.63. The van der Waals surface area contributed by atoms with Crippen LogP contribution in [0.4, 0.5) is 0 Å². The number of rotatable bonds is 1. The molecule has 1 aliphatic heterocycles. The zero-order valence-corrected chi connectivity index (χ0v) is 11.4. The normalized spacial score (nSPS) is 31.9. The molecular formula is C15H22O4. The van der Waals surface area contributed by atoms with Crippen LogP contribution in [0.5, 0.6) is 0 Å². The van der Waals surface area contributed by atoms with Crippen molar-refractivity contribution in [3.8, 4) is 0 Å². The molecule has 4 nitrogen and oxygen atoms in total. The lowest BCUT2D eigenvalue weighted by molar-refractivity contribution is -0.279. The first-order valence-electron chi connectivity index (χ1n) is 7.63. The minimum atomic E-state index is -0.924. The number of carbonyl (C=O) groups excluding carboxylic acids is 2. The van der Waals surface area contributed by atoms with E-state index in [-0.39, 0.29) is 12.3 Å². The molecule has 106 valence electrons. The molecule has 1 heterocycles. The Hall–Kier alpha value is -1.06. The highest BCUT2D eigenvalue weighted by molar-refractivity contribution is 5.93. The smallest absolute Gasteiger partial charge is 0.320 e. The van der Waals surface area contributed by atoms with Crippen LogP contribution in [0.2, 0.25) is 0 Å². The predicted octanol–water partition coefficient (Wildman–Crippen LogP) is 2.94. The summed E-state index contributed by atoms with van der Waals surface area (Å²) < 4.78 is 11.1. The highest BCUT2D eigenvalue weighted by Crippen LogP contribution is 2.47. The lowest BCUT2D eigenvalue weighted by Gasteiger charge is -2.47. The topological polar surface area (TPSA) is 52.6 Å². The molecule has 0 N–H and O–H groups in total. The van der Waals surface area contributed by atoms with Crippen LogP contribution < -0.4 is 0 Å². The molecule has 1 atom stereocenters. The van der Waals surface area contributed by atoms with Gasteiger partial charge in [0.15, 0.2) is 0 Å². The second-order valence-electron chi connectivity index (χ2n) is 6.19. The third kappa shape index (κ3) is 2.49. The second kappa shape index (κ2) is 5.14. The molecule has 0 bridgehead atoms. The van der Waals surface area contributed by atoms with Crippen molar-refractivity contribution in [2.24, 2.45) is 11.8 Å². The average Bonchev–Trinajstić information content (AvgIpc) is 2.39. The minimum Gasteiger partial charge on any atom is -0.422 e. The van der Waals surface area contributed by atoms with Crippen molar-refractivity contribution in [3.05, 3.63) is 0 Å². The van der Waals surface area contributed by atoms with Gasteiger partial charge in [0.2, 0.25) is 0 Å². The van der Waals surface area contributed by atoms with E-state index < -0.39 is 17.7 Å². The van der Waals surface area contributed by atoms with Crippen molar-refractivity contribution in [1.29, 1.82) is 0 Å². The maximum atomic E-state index is 11.7. The van der Waals surface area contributed by atoms with Gasteiger partial charge in [0.1, 0.15) is 6.42 Å². The van der Waals surface area contributed by atoms with Crippen LogP contribution in [0.1, 0.15) is 64.2 Å². The van der Waals surface area contributed by atoms with E-state index in [0.29, 0.717) is 12.3 Å². The van der Waals surface area contributed by atoms with E-state index in [1.54, 1.807) is 0 Å². The summed E-state index contributed by atoms with van der Waals surface area (Å²) in [4.78, 5) is 23.3. The summed E-state index contributed by atoms with van der Waals surface area (Å²) in [5.41, 5.74) is 0. The van der Waals surface area contributed by atoms with Crippen LogP contribution >= 0.6 is 0 Å². The first-order chi connectivity index (χ1) is 9.20. The second-order valence-corrected chi connectivity index (χ2v) is 6.19. The summed E-state index contributed by atoms with van der Waals surface area (Å²) >= 11 is 0. The van der Waals surface area contributed by atoms with Gasteiger partial charge >= 0.3 is 11.9 Å². The number of hydrogen-bond acceptors (Lipinski definition) is 4. The summed E-state index contributed by atoms with van der Waals surface area (Å²) in [7, 11) is 0. The largest absolute Gasteiger partial charge is 0.422 e. The summed E-state index contributed by atoms with van der Waals surface area (Å²) in [5, 5.41) is 0. The standard InChI is InChI=1S/C15H22O4/c16-13-10-14(17)19-15(18-13)9-5-4-8-12(15)11-6-2-1-3-7-11/h11-12H,1-10H2. The number of hydrogen-bond donors (Lipinski definition) is 0. The summed E-state index contributed by atoms with van der Waals surface area (Å²) in [5.74, 6) is -0.965. The van der Waals surface area contributed by atoms with Crippen LogP contribution in [0.3, 0.4) is 0 Å². The highest BCUT2D eigenvalue weighted by Gasteiger charge is 2.53. The fourth-order valence-electron chi connectivity index (χ4n) is 4.12. The molecule has 0 amide bonds. The quantitative estimate of drug-likeness (QED) is 0.541. The highest BCUT2D eigenvalue weighted by atomic mass is 16.7. The summed E-state index contributed by atoms with van der Waals surface area (Å²) in [6.45, 7) is 0. The monoisotopic (exact) mass is 266 g/mol. The maximum absolute atomic E-state index is 11.7. The van der Waals surface area contributed by atoms with E-state index in [1.165, 1.54) is 32.1 Å². The Labute approximate surface area is 113 Å². The summed E-state index contributed by atoms with van der Waals surface area (Å²) in [6.07, 6.45) is 9.77. The lowest BCUT2D eigenvalue weighted by Crippen LogP contribution is -2.54. The molecule has 19 heavy (non-hydrogen) atoms. The van der Waals surface area contributed by atoms with Gasteiger partial charge in [0, 0.05) is 12.3 Å². The van der Waals surface area contributed by atoms with Gasteiger partial charge in [-0.05, 0) is 31.6 Å². The van der Waals surface area contributed by atoms with Crippen molar-refractivity contribution < 1.29 is 19.1 Å². The molecule has 3 rings (SSSR count). The fraction of sp³-hybridized carbons (Fsp3) is 0.867. The van der Waals surface area contributed by atoms with E-state index in [0.717, 1.165) is 19.3 Å². The molecule has 2 aliphatic carbocycles. The van der Waals surface area contributed by atoms with Gasteiger partial charge in [-0.25, -0.2) is 0 Å². The predicted molar refractivity (Wildman–Crippen MR) is 68.1 cm³/mol. The SMILES string of the molecule is O=C1CC(=O)OC2(CCCCC2C2CCCCC2)O1. The van der Waals surface area contributed by atoms with Gasteiger partial charge in [0.25, 0.3) is 5.79 Å². The average molecular weight is 266 g/mol. The van der Waals surface area contributed by atoms with Crippen LogP contribution in [0.15, 0.2) is 0 Å². The molecule has 3 aliphatic rings. The van der Waals surface area contributed by atoms with Crippen LogP contribution in [0, 0.1) is 11.8 Å². The maximum Gasteiger partial charge on any atom is 0.320 e. The Morgan fingerprint density at radius 1 is 0.842 bits per heavy atom. The van der Waals surface area contributed by atoms with Gasteiger partial charge in [-0.3, -0.25) is 9.59 Å². The van der Waals surface area contributed by atoms with Crippen molar-refractivity contribution in [2.75, 3.05) is 0 Å². The van der Waals surface area contributed by atoms with Crippen molar-refractivity contribution in [2.45, 2.75) is 70.0 Å². The third-order valence-corrected chi connectivity index (χ3v) is 4.94. The van der Waals surface area contributed by atoms with Crippen LogP contribution in [-0.2, 0) is 19.1 Å². The van der Waals surface area contributed by atoms with Gasteiger partial charge in [-0.2, -0.15) is 0 Å². The third-order valence-electron chi connectivity index (χ3n) is 4.94. The molecule has 3 fully saturated rings. The van der Waals surface area contributed by atoms with Crippen molar-refractivity contribution >= 4 is 11.9 Å². The Morgan fingerprint density at radius 3 is 2.16 bits per heavy atom. The van der Waals surface area contributed by atoms with E-state index >= 15 is 0 Å². The van der Waals surface area contributed by atoms with Crippen LogP contribution in [0.25, 0.3) is 0 Å². The molecule has 2 saturated carbocycles. The van der Waals surface area contributed by atoms with Gasteiger partial charge in [-0.15, -0.1) is 0 Å². The minimum absolute atomic E-state index is 0.217. The number of esters is 2.